The summed E-state index contributed by atoms with van der Waals surface area (Å²) in [4.78, 5) is 17.8. The van der Waals surface area contributed by atoms with Crippen LogP contribution in [0.1, 0.15) is 16.9 Å². The van der Waals surface area contributed by atoms with Crippen molar-refractivity contribution >= 4 is 17.2 Å². The summed E-state index contributed by atoms with van der Waals surface area (Å²) in [6.07, 6.45) is 0.438. The van der Waals surface area contributed by atoms with Gasteiger partial charge in [-0.25, -0.2) is 0 Å². The second-order valence-corrected chi connectivity index (χ2v) is 7.28. The van der Waals surface area contributed by atoms with Crippen LogP contribution in [0.2, 0.25) is 0 Å². The second-order valence-electron chi connectivity index (χ2n) is 6.25. The van der Waals surface area contributed by atoms with Gasteiger partial charge in [0.2, 0.25) is 5.91 Å². The Morgan fingerprint density at radius 1 is 1.29 bits per heavy atom. The number of thiophene rings is 1. The van der Waals surface area contributed by atoms with E-state index in [1.807, 2.05) is 24.6 Å². The Labute approximate surface area is 147 Å². The number of carbonyl (C=O) groups is 1. The van der Waals surface area contributed by atoms with E-state index in [-0.39, 0.29) is 12.0 Å². The molecule has 0 N–H and O–H groups in total. The zero-order chi connectivity index (χ0) is 16.8. The van der Waals surface area contributed by atoms with Gasteiger partial charge in [-0.2, -0.15) is 0 Å². The van der Waals surface area contributed by atoms with E-state index in [0.717, 1.165) is 19.6 Å². The summed E-state index contributed by atoms with van der Waals surface area (Å²) in [7, 11) is 1.87. The van der Waals surface area contributed by atoms with Crippen LogP contribution in [0.25, 0.3) is 0 Å². The molecule has 1 aliphatic rings. The van der Waals surface area contributed by atoms with Crippen molar-refractivity contribution in [3.05, 3.63) is 58.3 Å². The number of amides is 1. The molecule has 2 aromatic rings. The van der Waals surface area contributed by atoms with Crippen molar-refractivity contribution < 1.29 is 9.53 Å². The largest absolute Gasteiger partial charge is 0.375 e. The van der Waals surface area contributed by atoms with Crippen LogP contribution in [0.5, 0.6) is 0 Å². The lowest BCUT2D eigenvalue weighted by molar-refractivity contribution is -0.135. The maximum absolute atomic E-state index is 12.4. The fraction of sp³-hybridized carbons (Fsp3) is 0.421. The molecule has 1 fully saturated rings. The molecule has 0 bridgehead atoms. The van der Waals surface area contributed by atoms with Gasteiger partial charge in [-0.15, -0.1) is 11.3 Å². The molecule has 1 atom stereocenters. The lowest BCUT2D eigenvalue weighted by atomic mass is 10.1. The zero-order valence-corrected chi connectivity index (χ0v) is 14.9. The lowest BCUT2D eigenvalue weighted by Crippen LogP contribution is -2.44. The summed E-state index contributed by atoms with van der Waals surface area (Å²) < 4.78 is 5.82. The first kappa shape index (κ1) is 17.1. The molecule has 1 aromatic carbocycles. The molecular weight excluding hydrogens is 320 g/mol. The van der Waals surface area contributed by atoms with Gasteiger partial charge in [0.15, 0.2) is 0 Å². The standard InChI is InChI=1S/C19H24N2O2S/c1-20(15-18-8-5-11-24-18)19(22)12-17-14-21(9-10-23-17)13-16-6-3-2-4-7-16/h2-8,11,17H,9-10,12-15H2,1H3. The summed E-state index contributed by atoms with van der Waals surface area (Å²) >= 11 is 1.68. The summed E-state index contributed by atoms with van der Waals surface area (Å²) in [5.41, 5.74) is 1.30. The van der Waals surface area contributed by atoms with E-state index >= 15 is 0 Å². The van der Waals surface area contributed by atoms with Crippen LogP contribution in [0, 0.1) is 0 Å². The molecule has 0 spiro atoms. The molecule has 0 saturated carbocycles. The quantitative estimate of drug-likeness (QED) is 0.808. The molecule has 1 aromatic heterocycles. The van der Waals surface area contributed by atoms with E-state index in [0.29, 0.717) is 19.6 Å². The van der Waals surface area contributed by atoms with Gasteiger partial charge in [-0.05, 0) is 17.0 Å². The lowest BCUT2D eigenvalue weighted by Gasteiger charge is -2.33. The van der Waals surface area contributed by atoms with E-state index in [4.69, 9.17) is 4.74 Å². The molecule has 3 rings (SSSR count). The van der Waals surface area contributed by atoms with Crippen molar-refractivity contribution in [3.63, 3.8) is 0 Å². The van der Waals surface area contributed by atoms with Gasteiger partial charge in [-0.3, -0.25) is 9.69 Å². The van der Waals surface area contributed by atoms with Crippen LogP contribution >= 0.6 is 11.3 Å². The van der Waals surface area contributed by atoms with Crippen LogP contribution in [0.15, 0.2) is 47.8 Å². The molecule has 5 heteroatoms. The highest BCUT2D eigenvalue weighted by molar-refractivity contribution is 7.09. The average molecular weight is 344 g/mol. The van der Waals surface area contributed by atoms with Crippen LogP contribution in [-0.4, -0.2) is 48.6 Å². The molecule has 0 aliphatic carbocycles. The fourth-order valence-electron chi connectivity index (χ4n) is 2.96. The third-order valence-corrected chi connectivity index (χ3v) is 5.13. The first-order chi connectivity index (χ1) is 11.7. The maximum Gasteiger partial charge on any atom is 0.225 e. The maximum atomic E-state index is 12.4. The van der Waals surface area contributed by atoms with Crippen molar-refractivity contribution in [1.29, 1.82) is 0 Å². The average Bonchev–Trinajstić information content (AvgIpc) is 3.09. The Morgan fingerprint density at radius 3 is 2.88 bits per heavy atom. The predicted octanol–water partition coefficient (Wildman–Crippen LogP) is 3.00. The smallest absolute Gasteiger partial charge is 0.225 e. The molecule has 1 amide bonds. The topological polar surface area (TPSA) is 32.8 Å². The summed E-state index contributed by atoms with van der Waals surface area (Å²) in [6.45, 7) is 4.02. The molecule has 1 aliphatic heterocycles. The van der Waals surface area contributed by atoms with Crippen molar-refractivity contribution in [2.24, 2.45) is 0 Å². The van der Waals surface area contributed by atoms with Gasteiger partial charge >= 0.3 is 0 Å². The molecular formula is C19H24N2O2S. The summed E-state index contributed by atoms with van der Waals surface area (Å²) in [5, 5.41) is 2.04. The van der Waals surface area contributed by atoms with Gasteiger partial charge in [0.1, 0.15) is 0 Å². The number of hydrogen-bond donors (Lipinski definition) is 0. The molecule has 1 saturated heterocycles. The van der Waals surface area contributed by atoms with E-state index in [2.05, 4.69) is 35.2 Å². The highest BCUT2D eigenvalue weighted by atomic mass is 32.1. The summed E-state index contributed by atoms with van der Waals surface area (Å²) in [5.74, 6) is 0.148. The first-order valence-corrected chi connectivity index (χ1v) is 9.23. The van der Waals surface area contributed by atoms with E-state index in [1.54, 1.807) is 16.2 Å². The van der Waals surface area contributed by atoms with Crippen molar-refractivity contribution in [2.45, 2.75) is 25.6 Å². The van der Waals surface area contributed by atoms with Crippen molar-refractivity contribution in [1.82, 2.24) is 9.80 Å². The molecule has 0 radical (unpaired) electrons. The Balaban J connectivity index is 1.48. The number of morpholine rings is 1. The minimum atomic E-state index is -0.0132. The minimum Gasteiger partial charge on any atom is -0.375 e. The molecule has 128 valence electrons. The van der Waals surface area contributed by atoms with Gasteiger partial charge in [-0.1, -0.05) is 36.4 Å². The Bertz CT molecular complexity index is 630. The van der Waals surface area contributed by atoms with Crippen LogP contribution in [0.4, 0.5) is 0 Å². The van der Waals surface area contributed by atoms with E-state index in [1.165, 1.54) is 10.4 Å². The van der Waals surface area contributed by atoms with Gasteiger partial charge in [0.05, 0.1) is 25.7 Å². The van der Waals surface area contributed by atoms with E-state index in [9.17, 15) is 4.79 Å². The fourth-order valence-corrected chi connectivity index (χ4v) is 3.72. The monoisotopic (exact) mass is 344 g/mol. The number of rotatable bonds is 6. The van der Waals surface area contributed by atoms with Crippen molar-refractivity contribution in [3.8, 4) is 0 Å². The highest BCUT2D eigenvalue weighted by Crippen LogP contribution is 2.15. The number of hydrogen-bond acceptors (Lipinski definition) is 4. The molecule has 4 nitrogen and oxygen atoms in total. The van der Waals surface area contributed by atoms with Crippen LogP contribution < -0.4 is 0 Å². The summed E-state index contributed by atoms with van der Waals surface area (Å²) in [6, 6.07) is 14.5. The number of benzene rings is 1. The highest BCUT2D eigenvalue weighted by Gasteiger charge is 2.24. The van der Waals surface area contributed by atoms with Gasteiger partial charge < -0.3 is 9.64 Å². The number of ether oxygens (including phenoxy) is 1. The first-order valence-electron chi connectivity index (χ1n) is 8.35. The number of nitrogens with zero attached hydrogens (tertiary/aromatic N) is 2. The Hall–Kier alpha value is -1.69. The zero-order valence-electron chi connectivity index (χ0n) is 14.1. The molecule has 24 heavy (non-hydrogen) atoms. The van der Waals surface area contributed by atoms with Gasteiger partial charge in [0.25, 0.3) is 0 Å². The number of carbonyl (C=O) groups excluding carboxylic acids is 1. The Morgan fingerprint density at radius 2 is 2.12 bits per heavy atom. The molecule has 2 heterocycles. The van der Waals surface area contributed by atoms with Crippen LogP contribution in [-0.2, 0) is 22.6 Å². The predicted molar refractivity (Wildman–Crippen MR) is 96.9 cm³/mol. The normalized spacial score (nSPS) is 18.5. The Kier molecular flexibility index (Phi) is 6.01. The third-order valence-electron chi connectivity index (χ3n) is 4.27. The van der Waals surface area contributed by atoms with Crippen molar-refractivity contribution in [2.75, 3.05) is 26.7 Å². The third kappa shape index (κ3) is 4.90. The van der Waals surface area contributed by atoms with Crippen LogP contribution in [0.3, 0.4) is 0 Å². The minimum absolute atomic E-state index is 0.0132. The van der Waals surface area contributed by atoms with Gasteiger partial charge in [0, 0.05) is 31.6 Å². The molecule has 1 unspecified atom stereocenters. The second kappa shape index (κ2) is 8.42. The SMILES string of the molecule is CN(Cc1cccs1)C(=O)CC1CN(Cc2ccccc2)CCO1. The van der Waals surface area contributed by atoms with E-state index < -0.39 is 0 Å².